The highest BCUT2D eigenvalue weighted by molar-refractivity contribution is 6.32. The molecule has 0 aliphatic rings. The fraction of sp³-hybridized carbons (Fsp3) is 0.0769. The lowest BCUT2D eigenvalue weighted by Crippen LogP contribution is -1.82. The first-order valence-corrected chi connectivity index (χ1v) is 5.69. The predicted octanol–water partition coefficient (Wildman–Crippen LogP) is 3.59. The van der Waals surface area contributed by atoms with E-state index in [1.54, 1.807) is 6.20 Å². The summed E-state index contributed by atoms with van der Waals surface area (Å²) < 4.78 is 0. The second-order valence-electron chi connectivity index (χ2n) is 3.91. The Balaban J connectivity index is 2.24. The number of benzene rings is 1. The monoisotopic (exact) mass is 243 g/mol. The molecular formula is C13H10ClN3. The maximum atomic E-state index is 6.09. The van der Waals surface area contributed by atoms with Crippen LogP contribution in [-0.2, 0) is 0 Å². The van der Waals surface area contributed by atoms with Gasteiger partial charge in [-0.25, -0.2) is 4.98 Å². The Morgan fingerprint density at radius 3 is 2.94 bits per heavy atom. The number of nitrogens with zero attached hydrogens (tertiary/aromatic N) is 2. The largest absolute Gasteiger partial charge is 0.278 e. The van der Waals surface area contributed by atoms with Crippen LogP contribution in [0.4, 0.5) is 0 Å². The molecule has 3 rings (SSSR count). The third kappa shape index (κ3) is 1.68. The van der Waals surface area contributed by atoms with E-state index in [0.29, 0.717) is 5.15 Å². The molecule has 1 aromatic carbocycles. The van der Waals surface area contributed by atoms with Crippen LogP contribution in [0.3, 0.4) is 0 Å². The van der Waals surface area contributed by atoms with Crippen molar-refractivity contribution in [2.75, 3.05) is 0 Å². The number of halogens is 1. The molecular weight excluding hydrogens is 234 g/mol. The standard InChI is InChI=1S/C13H10ClN3/c1-8-11-7-9(4-5-12(11)17-16-8)10-3-2-6-15-13(10)14/h2-7H,1H3,(H,16,17). The van der Waals surface area contributed by atoms with Gasteiger partial charge >= 0.3 is 0 Å². The second kappa shape index (κ2) is 3.86. The first kappa shape index (κ1) is 10.3. The van der Waals surface area contributed by atoms with E-state index >= 15 is 0 Å². The zero-order valence-electron chi connectivity index (χ0n) is 9.24. The average Bonchev–Trinajstić information content (AvgIpc) is 2.71. The molecule has 3 nitrogen and oxygen atoms in total. The maximum Gasteiger partial charge on any atom is 0.136 e. The van der Waals surface area contributed by atoms with E-state index < -0.39 is 0 Å². The van der Waals surface area contributed by atoms with E-state index in [1.165, 1.54) is 0 Å². The van der Waals surface area contributed by atoms with Crippen molar-refractivity contribution in [3.8, 4) is 11.1 Å². The van der Waals surface area contributed by atoms with Gasteiger partial charge in [-0.05, 0) is 36.8 Å². The van der Waals surface area contributed by atoms with Crippen molar-refractivity contribution in [2.45, 2.75) is 6.92 Å². The van der Waals surface area contributed by atoms with Gasteiger partial charge in [-0.3, -0.25) is 5.10 Å². The van der Waals surface area contributed by atoms with Crippen LogP contribution in [-0.4, -0.2) is 15.2 Å². The Hall–Kier alpha value is -1.87. The van der Waals surface area contributed by atoms with E-state index in [1.807, 2.05) is 31.2 Å². The molecule has 0 saturated carbocycles. The number of fused-ring (bicyclic) bond motifs is 1. The first-order chi connectivity index (χ1) is 8.25. The van der Waals surface area contributed by atoms with Crippen molar-refractivity contribution in [3.63, 3.8) is 0 Å². The second-order valence-corrected chi connectivity index (χ2v) is 4.27. The Morgan fingerprint density at radius 2 is 2.12 bits per heavy atom. The highest BCUT2D eigenvalue weighted by atomic mass is 35.5. The van der Waals surface area contributed by atoms with Gasteiger partial charge in [0.1, 0.15) is 5.15 Å². The number of H-pyrrole nitrogens is 1. The van der Waals surface area contributed by atoms with E-state index in [-0.39, 0.29) is 0 Å². The fourth-order valence-corrected chi connectivity index (χ4v) is 2.14. The molecule has 0 fully saturated rings. The molecule has 1 N–H and O–H groups in total. The molecule has 17 heavy (non-hydrogen) atoms. The van der Waals surface area contributed by atoms with Crippen LogP contribution in [0.5, 0.6) is 0 Å². The molecule has 0 radical (unpaired) electrons. The number of aromatic amines is 1. The van der Waals surface area contributed by atoms with Crippen LogP contribution in [0, 0.1) is 6.92 Å². The molecule has 0 bridgehead atoms. The molecule has 0 aliphatic heterocycles. The summed E-state index contributed by atoms with van der Waals surface area (Å²) in [4.78, 5) is 4.09. The third-order valence-corrected chi connectivity index (χ3v) is 3.12. The summed E-state index contributed by atoms with van der Waals surface area (Å²) in [5, 5.41) is 8.80. The van der Waals surface area contributed by atoms with Gasteiger partial charge in [0.15, 0.2) is 0 Å². The molecule has 0 amide bonds. The highest BCUT2D eigenvalue weighted by Gasteiger charge is 2.07. The van der Waals surface area contributed by atoms with E-state index in [2.05, 4.69) is 21.2 Å². The number of hydrogen-bond donors (Lipinski definition) is 1. The van der Waals surface area contributed by atoms with Crippen molar-refractivity contribution in [1.29, 1.82) is 0 Å². The minimum absolute atomic E-state index is 0.521. The number of hydrogen-bond acceptors (Lipinski definition) is 2. The van der Waals surface area contributed by atoms with Crippen LogP contribution >= 0.6 is 11.6 Å². The minimum Gasteiger partial charge on any atom is -0.278 e. The Kier molecular flexibility index (Phi) is 2.34. The van der Waals surface area contributed by atoms with Crippen molar-refractivity contribution in [1.82, 2.24) is 15.2 Å². The Bertz CT molecular complexity index is 688. The Morgan fingerprint density at radius 1 is 1.24 bits per heavy atom. The smallest absolute Gasteiger partial charge is 0.136 e. The first-order valence-electron chi connectivity index (χ1n) is 5.31. The van der Waals surface area contributed by atoms with Crippen LogP contribution in [0.1, 0.15) is 5.69 Å². The van der Waals surface area contributed by atoms with Gasteiger partial charge < -0.3 is 0 Å². The topological polar surface area (TPSA) is 41.6 Å². The summed E-state index contributed by atoms with van der Waals surface area (Å²) in [7, 11) is 0. The van der Waals surface area contributed by atoms with Gasteiger partial charge in [-0.15, -0.1) is 0 Å². The third-order valence-electron chi connectivity index (χ3n) is 2.82. The SMILES string of the molecule is Cc1n[nH]c2ccc(-c3cccnc3Cl)cc12. The number of nitrogens with one attached hydrogen (secondary N) is 1. The predicted molar refractivity (Wildman–Crippen MR) is 69.1 cm³/mol. The van der Waals surface area contributed by atoms with Crippen LogP contribution in [0.15, 0.2) is 36.5 Å². The quantitative estimate of drug-likeness (QED) is 0.664. The maximum absolute atomic E-state index is 6.09. The molecule has 0 unspecified atom stereocenters. The molecule has 0 aliphatic carbocycles. The number of aromatic nitrogens is 3. The van der Waals surface area contributed by atoms with Gasteiger partial charge in [-0.1, -0.05) is 17.7 Å². The lowest BCUT2D eigenvalue weighted by Gasteiger charge is -2.03. The molecule has 3 aromatic rings. The van der Waals surface area contributed by atoms with Gasteiger partial charge in [0.25, 0.3) is 0 Å². The van der Waals surface area contributed by atoms with Crippen LogP contribution in [0.2, 0.25) is 5.15 Å². The Labute approximate surface area is 103 Å². The molecule has 4 heteroatoms. The zero-order valence-corrected chi connectivity index (χ0v) is 9.99. The fourth-order valence-electron chi connectivity index (χ4n) is 1.91. The summed E-state index contributed by atoms with van der Waals surface area (Å²) in [5.41, 5.74) is 4.02. The molecule has 2 heterocycles. The lowest BCUT2D eigenvalue weighted by molar-refractivity contribution is 1.07. The van der Waals surface area contributed by atoms with Gasteiger partial charge in [-0.2, -0.15) is 5.10 Å². The van der Waals surface area contributed by atoms with E-state index in [9.17, 15) is 0 Å². The summed E-state index contributed by atoms with van der Waals surface area (Å²) >= 11 is 6.09. The van der Waals surface area contributed by atoms with Crippen molar-refractivity contribution >= 4 is 22.5 Å². The summed E-state index contributed by atoms with van der Waals surface area (Å²) in [5.74, 6) is 0. The molecule has 0 spiro atoms. The van der Waals surface area contributed by atoms with Crippen LogP contribution in [0.25, 0.3) is 22.0 Å². The van der Waals surface area contributed by atoms with Gasteiger partial charge in [0.2, 0.25) is 0 Å². The molecule has 0 atom stereocenters. The number of pyridine rings is 1. The highest BCUT2D eigenvalue weighted by Crippen LogP contribution is 2.28. The molecule has 2 aromatic heterocycles. The lowest BCUT2D eigenvalue weighted by atomic mass is 10.1. The van der Waals surface area contributed by atoms with Gasteiger partial charge in [0.05, 0.1) is 11.2 Å². The van der Waals surface area contributed by atoms with Crippen molar-refractivity contribution in [3.05, 3.63) is 47.4 Å². The number of aryl methyl sites for hydroxylation is 1. The average molecular weight is 244 g/mol. The molecule has 0 saturated heterocycles. The van der Waals surface area contributed by atoms with Crippen LogP contribution < -0.4 is 0 Å². The molecule has 84 valence electrons. The zero-order chi connectivity index (χ0) is 11.8. The summed E-state index contributed by atoms with van der Waals surface area (Å²) in [6.07, 6.45) is 1.69. The van der Waals surface area contributed by atoms with Crippen molar-refractivity contribution < 1.29 is 0 Å². The van der Waals surface area contributed by atoms with Gasteiger partial charge in [0, 0.05) is 17.1 Å². The minimum atomic E-state index is 0.521. The van der Waals surface area contributed by atoms with E-state index in [0.717, 1.165) is 27.7 Å². The summed E-state index contributed by atoms with van der Waals surface area (Å²) in [6.45, 7) is 1.98. The number of rotatable bonds is 1. The normalized spacial score (nSPS) is 10.9. The summed E-state index contributed by atoms with van der Waals surface area (Å²) in [6, 6.07) is 9.95. The van der Waals surface area contributed by atoms with Crippen molar-refractivity contribution in [2.24, 2.45) is 0 Å². The van der Waals surface area contributed by atoms with E-state index in [4.69, 9.17) is 11.6 Å².